The molecule has 0 radical (unpaired) electrons. The van der Waals surface area contributed by atoms with Gasteiger partial charge < -0.3 is 0 Å². The molecule has 1 aromatic rings. The van der Waals surface area contributed by atoms with Crippen LogP contribution in [0.3, 0.4) is 0 Å². The highest BCUT2D eigenvalue weighted by Crippen LogP contribution is 2.22. The SMILES string of the molecule is C=C(C)CN(C)S(=O)(=O)c1ccc(Br)cc1F. The highest BCUT2D eigenvalue weighted by atomic mass is 79.9. The van der Waals surface area contributed by atoms with E-state index in [1.165, 1.54) is 19.2 Å². The number of likely N-dealkylation sites (N-methyl/N-ethyl adjacent to an activating group) is 1. The Hall–Kier alpha value is -0.720. The van der Waals surface area contributed by atoms with Gasteiger partial charge in [0.15, 0.2) is 0 Å². The first-order chi connectivity index (χ1) is 7.75. The summed E-state index contributed by atoms with van der Waals surface area (Å²) in [5, 5.41) is 0. The van der Waals surface area contributed by atoms with Crippen molar-refractivity contribution in [2.24, 2.45) is 0 Å². The molecule has 0 atom stereocenters. The molecule has 0 aliphatic heterocycles. The van der Waals surface area contributed by atoms with E-state index in [1.54, 1.807) is 6.92 Å². The lowest BCUT2D eigenvalue weighted by atomic mass is 10.3. The van der Waals surface area contributed by atoms with Gasteiger partial charge in [-0.3, -0.25) is 0 Å². The second-order valence-electron chi connectivity index (χ2n) is 3.79. The van der Waals surface area contributed by atoms with Crippen molar-refractivity contribution >= 4 is 26.0 Å². The summed E-state index contributed by atoms with van der Waals surface area (Å²) < 4.78 is 39.2. The minimum Gasteiger partial charge on any atom is -0.207 e. The highest BCUT2D eigenvalue weighted by Gasteiger charge is 2.24. The van der Waals surface area contributed by atoms with Gasteiger partial charge in [-0.25, -0.2) is 12.8 Å². The summed E-state index contributed by atoms with van der Waals surface area (Å²) in [7, 11) is -2.41. The van der Waals surface area contributed by atoms with Crippen molar-refractivity contribution in [1.82, 2.24) is 4.31 Å². The van der Waals surface area contributed by atoms with E-state index in [0.717, 1.165) is 10.4 Å². The molecule has 94 valence electrons. The third kappa shape index (κ3) is 3.37. The van der Waals surface area contributed by atoms with Crippen molar-refractivity contribution < 1.29 is 12.8 Å². The van der Waals surface area contributed by atoms with Crippen LogP contribution in [-0.4, -0.2) is 26.3 Å². The summed E-state index contributed by atoms with van der Waals surface area (Å²) in [6.07, 6.45) is 0. The van der Waals surface area contributed by atoms with Crippen molar-refractivity contribution in [3.8, 4) is 0 Å². The first-order valence-corrected chi connectivity index (χ1v) is 7.04. The fourth-order valence-electron chi connectivity index (χ4n) is 1.32. The van der Waals surface area contributed by atoms with Crippen LogP contribution in [0.25, 0.3) is 0 Å². The van der Waals surface area contributed by atoms with Crippen LogP contribution in [0.4, 0.5) is 4.39 Å². The van der Waals surface area contributed by atoms with Crippen molar-refractivity contribution in [2.75, 3.05) is 13.6 Å². The summed E-state index contributed by atoms with van der Waals surface area (Å²) >= 11 is 3.08. The Kier molecular flexibility index (Phi) is 4.46. The van der Waals surface area contributed by atoms with Crippen LogP contribution < -0.4 is 0 Å². The Bertz CT molecular complexity index is 542. The van der Waals surface area contributed by atoms with Crippen LogP contribution in [0.15, 0.2) is 39.7 Å². The number of nitrogens with zero attached hydrogens (tertiary/aromatic N) is 1. The zero-order valence-electron chi connectivity index (χ0n) is 9.57. The normalized spacial score (nSPS) is 11.8. The average Bonchev–Trinajstić information content (AvgIpc) is 2.15. The van der Waals surface area contributed by atoms with E-state index in [2.05, 4.69) is 22.5 Å². The number of hydrogen-bond acceptors (Lipinski definition) is 2. The molecule has 0 aliphatic rings. The lowest BCUT2D eigenvalue weighted by molar-refractivity contribution is 0.484. The fourth-order valence-corrected chi connectivity index (χ4v) is 2.92. The molecule has 0 aliphatic carbocycles. The van der Waals surface area contributed by atoms with E-state index in [9.17, 15) is 12.8 Å². The first kappa shape index (κ1) is 14.3. The molecule has 1 aromatic carbocycles. The van der Waals surface area contributed by atoms with E-state index in [0.29, 0.717) is 10.0 Å². The number of rotatable bonds is 4. The minimum atomic E-state index is -3.80. The molecule has 0 saturated heterocycles. The van der Waals surface area contributed by atoms with Gasteiger partial charge in [-0.15, -0.1) is 0 Å². The quantitative estimate of drug-likeness (QED) is 0.800. The van der Waals surface area contributed by atoms with Gasteiger partial charge in [-0.2, -0.15) is 4.31 Å². The van der Waals surface area contributed by atoms with Crippen LogP contribution in [-0.2, 0) is 10.0 Å². The van der Waals surface area contributed by atoms with Gasteiger partial charge in [-0.1, -0.05) is 28.1 Å². The first-order valence-electron chi connectivity index (χ1n) is 4.81. The number of benzene rings is 1. The van der Waals surface area contributed by atoms with E-state index in [1.807, 2.05) is 0 Å². The molecule has 0 bridgehead atoms. The summed E-state index contributed by atoms with van der Waals surface area (Å²) in [4.78, 5) is -0.329. The molecule has 0 aromatic heterocycles. The summed E-state index contributed by atoms with van der Waals surface area (Å²) in [6, 6.07) is 3.86. The maximum atomic E-state index is 13.6. The van der Waals surface area contributed by atoms with Crippen LogP contribution in [0.5, 0.6) is 0 Å². The second kappa shape index (κ2) is 5.29. The second-order valence-corrected chi connectivity index (χ2v) is 6.72. The van der Waals surface area contributed by atoms with Crippen LogP contribution in [0.1, 0.15) is 6.92 Å². The largest absolute Gasteiger partial charge is 0.246 e. The molecule has 1 rings (SSSR count). The zero-order valence-corrected chi connectivity index (χ0v) is 12.0. The molecular weight excluding hydrogens is 309 g/mol. The zero-order chi connectivity index (χ0) is 13.2. The molecule has 6 heteroatoms. The van der Waals surface area contributed by atoms with Gasteiger partial charge in [0.2, 0.25) is 10.0 Å². The average molecular weight is 322 g/mol. The standard InChI is InChI=1S/C11H13BrFNO2S/c1-8(2)7-14(3)17(15,16)11-5-4-9(12)6-10(11)13/h4-6H,1,7H2,2-3H3. The van der Waals surface area contributed by atoms with Crippen molar-refractivity contribution in [3.05, 3.63) is 40.6 Å². The Morgan fingerprint density at radius 3 is 2.59 bits per heavy atom. The van der Waals surface area contributed by atoms with Gasteiger partial charge in [-0.05, 0) is 25.1 Å². The van der Waals surface area contributed by atoms with Gasteiger partial charge in [0.1, 0.15) is 10.7 Å². The third-order valence-electron chi connectivity index (χ3n) is 2.07. The van der Waals surface area contributed by atoms with E-state index in [4.69, 9.17) is 0 Å². The maximum Gasteiger partial charge on any atom is 0.246 e. The summed E-state index contributed by atoms with van der Waals surface area (Å²) in [6.45, 7) is 5.51. The molecule has 0 N–H and O–H groups in total. The van der Waals surface area contributed by atoms with Crippen molar-refractivity contribution in [1.29, 1.82) is 0 Å². The lowest BCUT2D eigenvalue weighted by Crippen LogP contribution is -2.29. The van der Waals surface area contributed by atoms with E-state index >= 15 is 0 Å². The Balaban J connectivity index is 3.17. The molecule has 3 nitrogen and oxygen atoms in total. The predicted molar refractivity (Wildman–Crippen MR) is 68.7 cm³/mol. The fraction of sp³-hybridized carbons (Fsp3) is 0.273. The number of halogens is 2. The van der Waals surface area contributed by atoms with Crippen LogP contribution >= 0.6 is 15.9 Å². The van der Waals surface area contributed by atoms with Gasteiger partial charge in [0.25, 0.3) is 0 Å². The predicted octanol–water partition coefficient (Wildman–Crippen LogP) is 2.78. The van der Waals surface area contributed by atoms with Gasteiger partial charge in [0.05, 0.1) is 0 Å². The maximum absolute atomic E-state index is 13.6. The topological polar surface area (TPSA) is 37.4 Å². The van der Waals surface area contributed by atoms with Gasteiger partial charge in [0, 0.05) is 18.1 Å². The van der Waals surface area contributed by atoms with Crippen LogP contribution in [0, 0.1) is 5.82 Å². The third-order valence-corrected chi connectivity index (χ3v) is 4.40. The van der Waals surface area contributed by atoms with E-state index in [-0.39, 0.29) is 11.4 Å². The molecule has 0 amide bonds. The molecule has 0 unspecified atom stereocenters. The summed E-state index contributed by atoms with van der Waals surface area (Å²) in [5.74, 6) is -0.770. The van der Waals surface area contributed by atoms with Crippen molar-refractivity contribution in [2.45, 2.75) is 11.8 Å². The smallest absolute Gasteiger partial charge is 0.207 e. The molecule has 0 saturated carbocycles. The summed E-state index contributed by atoms with van der Waals surface area (Å²) in [5.41, 5.74) is 0.689. The lowest BCUT2D eigenvalue weighted by Gasteiger charge is -2.17. The molecule has 0 spiro atoms. The molecule has 0 fully saturated rings. The van der Waals surface area contributed by atoms with Gasteiger partial charge >= 0.3 is 0 Å². The molecule has 0 heterocycles. The highest BCUT2D eigenvalue weighted by molar-refractivity contribution is 9.10. The Morgan fingerprint density at radius 2 is 2.12 bits per heavy atom. The number of hydrogen-bond donors (Lipinski definition) is 0. The minimum absolute atomic E-state index is 0.165. The molecule has 17 heavy (non-hydrogen) atoms. The van der Waals surface area contributed by atoms with E-state index < -0.39 is 15.8 Å². The Labute approximate surface area is 109 Å². The monoisotopic (exact) mass is 321 g/mol. The van der Waals surface area contributed by atoms with Crippen LogP contribution in [0.2, 0.25) is 0 Å². The van der Waals surface area contributed by atoms with Crippen molar-refractivity contribution in [3.63, 3.8) is 0 Å². The Morgan fingerprint density at radius 1 is 1.53 bits per heavy atom. The number of sulfonamides is 1. The molecular formula is C11H13BrFNO2S.